The monoisotopic (exact) mass is 205 g/mol. The quantitative estimate of drug-likeness (QED) is 0.444. The van der Waals surface area contributed by atoms with Gasteiger partial charge in [-0.15, -0.1) is 0 Å². The van der Waals surface area contributed by atoms with Gasteiger partial charge in [0.05, 0.1) is 0 Å². The first-order valence-electron chi connectivity index (χ1n) is 0.749. The number of thiol groups is 1. The van der Waals surface area contributed by atoms with Gasteiger partial charge in [0, 0.05) is 17.9 Å². The summed E-state index contributed by atoms with van der Waals surface area (Å²) >= 11 is 2.39. The Morgan fingerprint density at radius 3 is 1.80 bits per heavy atom. The number of hydrogen-bond acceptors (Lipinski definition) is 1. The number of hydrogen-bond donors (Lipinski definition) is 1. The van der Waals surface area contributed by atoms with E-state index in [0.29, 0.717) is 0 Å². The molecular formula is CH4ClOPdS. The Morgan fingerprint density at radius 1 is 1.80 bits per heavy atom. The third-order valence-corrected chi connectivity index (χ3v) is 0. The molecule has 0 radical (unpaired) electrons. The standard InChI is InChI=1S/CH4OS.ClH.Pd/c1-3-2;;/h3H,1H3;1H;/q;;+1/p-1. The van der Waals surface area contributed by atoms with Gasteiger partial charge in [0.2, 0.25) is 0 Å². The van der Waals surface area contributed by atoms with Crippen LogP contribution in [0.3, 0.4) is 0 Å². The molecule has 0 unspecified atom stereocenters. The Morgan fingerprint density at radius 2 is 1.80 bits per heavy atom. The summed E-state index contributed by atoms with van der Waals surface area (Å²) in [6, 6.07) is 0. The van der Waals surface area contributed by atoms with Crippen molar-refractivity contribution >= 4 is 21.2 Å². The molecule has 0 bridgehead atoms. The van der Waals surface area contributed by atoms with Gasteiger partial charge >= 0.3 is 27.7 Å². The van der Waals surface area contributed by atoms with Gasteiger partial charge in [-0.25, -0.2) is 0 Å². The molecule has 1 nitrogen and oxygen atoms in total. The van der Waals surface area contributed by atoms with Crippen molar-refractivity contribution in [1.29, 1.82) is 0 Å². The second kappa shape index (κ2) is 19.4. The maximum absolute atomic E-state index is 8.90. The van der Waals surface area contributed by atoms with Crippen LogP contribution in [0.4, 0.5) is 0 Å². The summed E-state index contributed by atoms with van der Waals surface area (Å²) in [5.41, 5.74) is 0. The molecule has 0 fully saturated rings. The zero-order valence-corrected chi connectivity index (χ0v) is 5.75. The van der Waals surface area contributed by atoms with E-state index in [-0.39, 0.29) is 11.7 Å². The Bertz CT molecular complexity index is 19.1. The van der Waals surface area contributed by atoms with Crippen LogP contribution in [-0.4, -0.2) is 10.5 Å². The van der Waals surface area contributed by atoms with Crippen LogP contribution in [-0.2, 0) is 29.8 Å². The topological polar surface area (TPSA) is 17.1 Å². The van der Waals surface area contributed by atoms with E-state index in [1.165, 1.54) is 0 Å². The molecule has 0 saturated heterocycles. The van der Waals surface area contributed by atoms with E-state index in [0.717, 1.165) is 0 Å². The fraction of sp³-hybridized carbons (Fsp3) is 1.00. The van der Waals surface area contributed by atoms with Crippen molar-refractivity contribution in [3.05, 3.63) is 0 Å². The van der Waals surface area contributed by atoms with Crippen molar-refractivity contribution < 1.29 is 22.4 Å². The van der Waals surface area contributed by atoms with E-state index in [2.05, 4.69) is 27.7 Å². The number of rotatable bonds is 0. The molecule has 0 aromatic heterocycles. The van der Waals surface area contributed by atoms with E-state index in [1.807, 2.05) is 0 Å². The summed E-state index contributed by atoms with van der Waals surface area (Å²) in [7, 11) is 4.49. The molecule has 0 aromatic carbocycles. The second-order valence-corrected chi connectivity index (χ2v) is 0.548. The van der Waals surface area contributed by atoms with Gasteiger partial charge in [-0.3, -0.25) is 4.21 Å². The summed E-state index contributed by atoms with van der Waals surface area (Å²) < 4.78 is 8.90. The van der Waals surface area contributed by atoms with Crippen molar-refractivity contribution in [2.75, 3.05) is 6.26 Å². The van der Waals surface area contributed by atoms with Crippen LogP contribution in [0, 0.1) is 0 Å². The molecule has 0 rings (SSSR count). The van der Waals surface area contributed by atoms with Crippen LogP contribution < -0.4 is 0 Å². The molecule has 5 heavy (non-hydrogen) atoms. The van der Waals surface area contributed by atoms with Crippen LogP contribution in [0.2, 0.25) is 0 Å². The van der Waals surface area contributed by atoms with Gasteiger partial charge in [-0.1, -0.05) is 0 Å². The summed E-state index contributed by atoms with van der Waals surface area (Å²) in [5.74, 6) is 0. The molecule has 0 spiro atoms. The van der Waals surface area contributed by atoms with Gasteiger partial charge in [0.15, 0.2) is 0 Å². The molecule has 0 heterocycles. The summed E-state index contributed by atoms with van der Waals surface area (Å²) in [6.45, 7) is 0. The first-order chi connectivity index (χ1) is 2.41. The molecule has 0 atom stereocenters. The SMILES string of the molecule is C[SH]=O.[Cl][Pd]. The van der Waals surface area contributed by atoms with Crippen molar-refractivity contribution in [3.8, 4) is 0 Å². The third-order valence-electron chi connectivity index (χ3n) is 0. The van der Waals surface area contributed by atoms with E-state index < -0.39 is 0 Å². The van der Waals surface area contributed by atoms with E-state index in [1.54, 1.807) is 6.26 Å². The molecule has 0 aliphatic carbocycles. The molecule has 0 saturated carbocycles. The Kier molecular flexibility index (Phi) is 36.7. The number of halogens is 1. The van der Waals surface area contributed by atoms with Gasteiger partial charge < -0.3 is 0 Å². The average molecular weight is 206 g/mol. The zero-order valence-electron chi connectivity index (χ0n) is 2.55. The third kappa shape index (κ3) is 40.4. The zero-order chi connectivity index (χ0) is 4.71. The molecule has 0 amide bonds. The predicted octanol–water partition coefficient (Wildman–Crippen LogP) is 0.248. The van der Waals surface area contributed by atoms with Crippen LogP contribution in [0.5, 0.6) is 0 Å². The average Bonchev–Trinajstić information content (AvgIpc) is 1.46. The molecule has 37 valence electrons. The normalized spacial score (nSPS) is 4.80. The summed E-state index contributed by atoms with van der Waals surface area (Å²) in [4.78, 5) is 0. The van der Waals surface area contributed by atoms with E-state index in [4.69, 9.17) is 4.21 Å². The first kappa shape index (κ1) is 9.44. The minimum absolute atomic E-state index is 0.167. The predicted molar refractivity (Wildman–Crippen MR) is 21.3 cm³/mol. The Labute approximate surface area is 50.0 Å². The first-order valence-corrected chi connectivity index (χ1v) is 4.01. The van der Waals surface area contributed by atoms with Crippen LogP contribution in [0.25, 0.3) is 0 Å². The van der Waals surface area contributed by atoms with E-state index in [9.17, 15) is 0 Å². The molecule has 0 N–H and O–H groups in total. The molecule has 0 aromatic rings. The van der Waals surface area contributed by atoms with Crippen molar-refractivity contribution in [1.82, 2.24) is 0 Å². The van der Waals surface area contributed by atoms with Crippen molar-refractivity contribution in [2.45, 2.75) is 0 Å². The van der Waals surface area contributed by atoms with Gasteiger partial charge in [-0.2, -0.15) is 0 Å². The Balaban J connectivity index is 0. The van der Waals surface area contributed by atoms with Gasteiger partial charge in [0.1, 0.15) is 0 Å². The van der Waals surface area contributed by atoms with Gasteiger partial charge in [0.25, 0.3) is 0 Å². The fourth-order valence-corrected chi connectivity index (χ4v) is 0. The molecule has 4 heteroatoms. The second-order valence-electron chi connectivity index (χ2n) is 0.183. The van der Waals surface area contributed by atoms with Crippen LogP contribution in [0.15, 0.2) is 0 Å². The van der Waals surface area contributed by atoms with Gasteiger partial charge in [-0.05, 0) is 0 Å². The van der Waals surface area contributed by atoms with E-state index >= 15 is 0 Å². The van der Waals surface area contributed by atoms with Crippen molar-refractivity contribution in [2.24, 2.45) is 0 Å². The Hall–Kier alpha value is 1.10. The van der Waals surface area contributed by atoms with Crippen LogP contribution in [0.1, 0.15) is 0 Å². The van der Waals surface area contributed by atoms with Crippen molar-refractivity contribution in [3.63, 3.8) is 0 Å². The molecular weight excluding hydrogens is 202 g/mol. The summed E-state index contributed by atoms with van der Waals surface area (Å²) in [6.07, 6.45) is 1.54. The summed E-state index contributed by atoms with van der Waals surface area (Å²) in [5, 5.41) is 0. The molecule has 0 aliphatic heterocycles. The molecule has 0 aliphatic rings. The minimum atomic E-state index is 0.167. The van der Waals surface area contributed by atoms with Crippen LogP contribution >= 0.6 is 9.53 Å². The fourth-order valence-electron chi connectivity index (χ4n) is 0. The maximum atomic E-state index is 8.90.